The number of alkyl carbamates (subject to hydrolysis) is 1. The van der Waals surface area contributed by atoms with Crippen molar-refractivity contribution in [2.45, 2.75) is 45.7 Å². The van der Waals surface area contributed by atoms with Crippen LogP contribution in [0.2, 0.25) is 0 Å². The lowest BCUT2D eigenvalue weighted by atomic mass is 10.1. The molecule has 140 valence electrons. The van der Waals surface area contributed by atoms with Crippen molar-refractivity contribution in [1.29, 1.82) is 0 Å². The number of rotatable bonds is 5. The van der Waals surface area contributed by atoms with Gasteiger partial charge in [-0.1, -0.05) is 12.1 Å². The second-order valence-corrected chi connectivity index (χ2v) is 6.26. The van der Waals surface area contributed by atoms with Crippen molar-refractivity contribution in [3.8, 4) is 5.75 Å². The summed E-state index contributed by atoms with van der Waals surface area (Å²) >= 11 is 0. The SMILES string of the molecule is CC(NC(=O)CNC(=O)OC(C)(C)C)c1ccc(OC(F)(F)F)cc1. The van der Waals surface area contributed by atoms with Gasteiger partial charge in [0.25, 0.3) is 0 Å². The highest BCUT2D eigenvalue weighted by atomic mass is 19.4. The Balaban J connectivity index is 2.48. The molecule has 0 aromatic heterocycles. The molecule has 0 aliphatic heterocycles. The van der Waals surface area contributed by atoms with Gasteiger partial charge in [-0.05, 0) is 45.4 Å². The molecule has 1 aromatic carbocycles. The molecule has 0 fully saturated rings. The van der Waals surface area contributed by atoms with Gasteiger partial charge in [0, 0.05) is 0 Å². The number of hydrogen-bond acceptors (Lipinski definition) is 4. The monoisotopic (exact) mass is 362 g/mol. The van der Waals surface area contributed by atoms with Crippen LogP contribution in [-0.4, -0.2) is 30.5 Å². The fourth-order valence-electron chi connectivity index (χ4n) is 1.80. The van der Waals surface area contributed by atoms with Crippen molar-refractivity contribution in [2.75, 3.05) is 6.54 Å². The number of carbonyl (C=O) groups excluding carboxylic acids is 2. The van der Waals surface area contributed by atoms with Gasteiger partial charge >= 0.3 is 12.5 Å². The predicted molar refractivity (Wildman–Crippen MR) is 83.9 cm³/mol. The van der Waals surface area contributed by atoms with Crippen molar-refractivity contribution in [3.05, 3.63) is 29.8 Å². The van der Waals surface area contributed by atoms with Crippen molar-refractivity contribution < 1.29 is 32.2 Å². The van der Waals surface area contributed by atoms with Crippen LogP contribution in [0.15, 0.2) is 24.3 Å². The number of alkyl halides is 3. The van der Waals surface area contributed by atoms with E-state index < -0.39 is 30.0 Å². The third kappa shape index (κ3) is 8.83. The summed E-state index contributed by atoms with van der Waals surface area (Å²) in [5, 5.41) is 4.92. The Morgan fingerprint density at radius 3 is 2.16 bits per heavy atom. The fraction of sp³-hybridized carbons (Fsp3) is 0.500. The van der Waals surface area contributed by atoms with Crippen molar-refractivity contribution in [3.63, 3.8) is 0 Å². The molecule has 0 radical (unpaired) electrons. The molecule has 1 rings (SSSR count). The Hall–Kier alpha value is -2.45. The minimum Gasteiger partial charge on any atom is -0.444 e. The number of nitrogens with one attached hydrogen (secondary N) is 2. The minimum atomic E-state index is -4.76. The summed E-state index contributed by atoms with van der Waals surface area (Å²) in [6, 6.07) is 4.67. The summed E-state index contributed by atoms with van der Waals surface area (Å²) < 4.78 is 45.1. The molecule has 1 atom stereocenters. The molecule has 25 heavy (non-hydrogen) atoms. The minimum absolute atomic E-state index is 0.283. The summed E-state index contributed by atoms with van der Waals surface area (Å²) in [7, 11) is 0. The molecule has 0 spiro atoms. The zero-order chi connectivity index (χ0) is 19.3. The predicted octanol–water partition coefficient (Wildman–Crippen LogP) is 3.29. The average molecular weight is 362 g/mol. The van der Waals surface area contributed by atoms with Crippen molar-refractivity contribution >= 4 is 12.0 Å². The second-order valence-electron chi connectivity index (χ2n) is 6.26. The van der Waals surface area contributed by atoms with Crippen LogP contribution in [0.4, 0.5) is 18.0 Å². The van der Waals surface area contributed by atoms with Crippen LogP contribution >= 0.6 is 0 Å². The topological polar surface area (TPSA) is 76.7 Å². The summed E-state index contributed by atoms with van der Waals surface area (Å²) in [5.41, 5.74) is -0.0891. The van der Waals surface area contributed by atoms with Gasteiger partial charge in [-0.3, -0.25) is 4.79 Å². The first-order chi connectivity index (χ1) is 11.4. The lowest BCUT2D eigenvalue weighted by Gasteiger charge is -2.20. The molecule has 0 bridgehead atoms. The van der Waals surface area contributed by atoms with Crippen LogP contribution in [0.1, 0.15) is 39.3 Å². The maximum absolute atomic E-state index is 12.1. The van der Waals surface area contributed by atoms with E-state index in [-0.39, 0.29) is 12.3 Å². The smallest absolute Gasteiger partial charge is 0.444 e. The van der Waals surface area contributed by atoms with E-state index in [4.69, 9.17) is 4.74 Å². The first-order valence-corrected chi connectivity index (χ1v) is 7.47. The maximum Gasteiger partial charge on any atom is 0.573 e. The first kappa shape index (κ1) is 20.6. The zero-order valence-corrected chi connectivity index (χ0v) is 14.4. The van der Waals surface area contributed by atoms with E-state index in [9.17, 15) is 22.8 Å². The number of halogens is 3. The highest BCUT2D eigenvalue weighted by molar-refractivity contribution is 5.82. The van der Waals surface area contributed by atoms with Gasteiger partial charge < -0.3 is 20.1 Å². The third-order valence-corrected chi connectivity index (χ3v) is 2.78. The molecule has 0 saturated heterocycles. The molecular weight excluding hydrogens is 341 g/mol. The van der Waals surface area contributed by atoms with Gasteiger partial charge in [0.1, 0.15) is 17.9 Å². The van der Waals surface area contributed by atoms with Crippen LogP contribution in [0.25, 0.3) is 0 Å². The van der Waals surface area contributed by atoms with Crippen LogP contribution in [0.5, 0.6) is 5.75 Å². The number of amides is 2. The number of ether oxygens (including phenoxy) is 2. The summed E-state index contributed by atoms with van der Waals surface area (Å²) in [6.45, 7) is 6.46. The van der Waals surface area contributed by atoms with E-state index in [0.717, 1.165) is 12.1 Å². The Bertz CT molecular complexity index is 595. The number of carbonyl (C=O) groups is 2. The lowest BCUT2D eigenvalue weighted by Crippen LogP contribution is -2.40. The largest absolute Gasteiger partial charge is 0.573 e. The quantitative estimate of drug-likeness (QED) is 0.843. The molecule has 6 nitrogen and oxygen atoms in total. The Morgan fingerprint density at radius 2 is 1.68 bits per heavy atom. The highest BCUT2D eigenvalue weighted by Crippen LogP contribution is 2.24. The van der Waals surface area contributed by atoms with Gasteiger partial charge in [0.2, 0.25) is 5.91 Å². The van der Waals surface area contributed by atoms with Crippen LogP contribution in [0.3, 0.4) is 0 Å². The van der Waals surface area contributed by atoms with E-state index >= 15 is 0 Å². The van der Waals surface area contributed by atoms with Gasteiger partial charge in [-0.25, -0.2) is 4.79 Å². The molecule has 1 unspecified atom stereocenters. The zero-order valence-electron chi connectivity index (χ0n) is 14.4. The summed E-state index contributed by atoms with van der Waals surface area (Å²) in [4.78, 5) is 23.2. The molecule has 0 saturated carbocycles. The van der Waals surface area contributed by atoms with E-state index in [1.807, 2.05) is 0 Å². The average Bonchev–Trinajstić information content (AvgIpc) is 2.42. The van der Waals surface area contributed by atoms with Gasteiger partial charge in [0.15, 0.2) is 0 Å². The third-order valence-electron chi connectivity index (χ3n) is 2.78. The first-order valence-electron chi connectivity index (χ1n) is 7.47. The Labute approximate surface area is 143 Å². The maximum atomic E-state index is 12.1. The fourth-order valence-corrected chi connectivity index (χ4v) is 1.80. The summed E-state index contributed by atoms with van der Waals surface area (Å²) in [5.74, 6) is -0.810. The van der Waals surface area contributed by atoms with Gasteiger partial charge in [-0.2, -0.15) is 0 Å². The molecular formula is C16H21F3N2O4. The lowest BCUT2D eigenvalue weighted by molar-refractivity contribution is -0.274. The standard InChI is InChI=1S/C16H21F3N2O4/c1-10(11-5-7-12(8-6-11)24-16(17,18)19)21-13(22)9-20-14(23)25-15(2,3)4/h5-8,10H,9H2,1-4H3,(H,20,23)(H,21,22). The summed E-state index contributed by atoms with van der Waals surface area (Å²) in [6.07, 6.45) is -5.47. The Kier molecular flexibility index (Phi) is 6.66. The highest BCUT2D eigenvalue weighted by Gasteiger charge is 2.31. The molecule has 0 heterocycles. The molecule has 0 aliphatic carbocycles. The van der Waals surface area contributed by atoms with Crippen LogP contribution in [-0.2, 0) is 9.53 Å². The number of hydrogen-bond donors (Lipinski definition) is 2. The van der Waals surface area contributed by atoms with Crippen molar-refractivity contribution in [2.24, 2.45) is 0 Å². The van der Waals surface area contributed by atoms with Gasteiger partial charge in [0.05, 0.1) is 6.04 Å². The second kappa shape index (κ2) is 8.09. The normalized spacial score (nSPS) is 12.9. The molecule has 2 amide bonds. The number of benzene rings is 1. The van der Waals surface area contributed by atoms with Gasteiger partial charge in [-0.15, -0.1) is 13.2 Å². The van der Waals surface area contributed by atoms with Crippen LogP contribution < -0.4 is 15.4 Å². The molecule has 9 heteroatoms. The molecule has 1 aromatic rings. The molecule has 0 aliphatic rings. The van der Waals surface area contributed by atoms with Crippen LogP contribution in [0, 0.1) is 0 Å². The van der Waals surface area contributed by atoms with E-state index in [1.54, 1.807) is 27.7 Å². The Morgan fingerprint density at radius 1 is 1.12 bits per heavy atom. The van der Waals surface area contributed by atoms with E-state index in [1.165, 1.54) is 12.1 Å². The molecule has 2 N–H and O–H groups in total. The van der Waals surface area contributed by atoms with E-state index in [2.05, 4.69) is 15.4 Å². The van der Waals surface area contributed by atoms with Crippen molar-refractivity contribution in [1.82, 2.24) is 10.6 Å². The van der Waals surface area contributed by atoms with E-state index in [0.29, 0.717) is 5.56 Å².